The Bertz CT molecular complexity index is 1300. The molecule has 182 valence electrons. The van der Waals surface area contributed by atoms with Gasteiger partial charge >= 0.3 is 0 Å². The smallest absolute Gasteiger partial charge is 0.238 e. The quantitative estimate of drug-likeness (QED) is 0.293. The highest BCUT2D eigenvalue weighted by molar-refractivity contribution is 6.17. The molecule has 0 saturated heterocycles. The SMILES string of the molecule is O=C(CC1=COC(O)C(Nc2ncnc3cc(OCCCCl)ccc23)=C1)Nc1cccc(F)c1F. The van der Waals surface area contributed by atoms with E-state index in [0.717, 1.165) is 6.07 Å². The number of halogens is 3. The Labute approximate surface area is 204 Å². The molecular formula is C24H21ClF2N4O4. The molecule has 0 aliphatic carbocycles. The predicted molar refractivity (Wildman–Crippen MR) is 127 cm³/mol. The fourth-order valence-corrected chi connectivity index (χ4v) is 3.42. The van der Waals surface area contributed by atoms with Gasteiger partial charge in [0.25, 0.3) is 0 Å². The van der Waals surface area contributed by atoms with E-state index < -0.39 is 23.8 Å². The zero-order valence-corrected chi connectivity index (χ0v) is 19.1. The van der Waals surface area contributed by atoms with Crippen LogP contribution in [0.25, 0.3) is 10.9 Å². The third-order valence-corrected chi connectivity index (χ3v) is 5.23. The topological polar surface area (TPSA) is 106 Å². The predicted octanol–water partition coefficient (Wildman–Crippen LogP) is 4.47. The van der Waals surface area contributed by atoms with Gasteiger partial charge in [-0.25, -0.2) is 18.7 Å². The Hall–Kier alpha value is -3.76. The summed E-state index contributed by atoms with van der Waals surface area (Å²) in [6.45, 7) is 0.482. The summed E-state index contributed by atoms with van der Waals surface area (Å²) in [5, 5.41) is 16.3. The maximum absolute atomic E-state index is 13.8. The number of amides is 1. The molecule has 1 aliphatic heterocycles. The average Bonchev–Trinajstić information content (AvgIpc) is 2.84. The molecule has 0 bridgehead atoms. The largest absolute Gasteiger partial charge is 0.493 e. The van der Waals surface area contributed by atoms with Crippen molar-refractivity contribution in [3.8, 4) is 5.75 Å². The van der Waals surface area contributed by atoms with Crippen molar-refractivity contribution < 1.29 is 28.2 Å². The van der Waals surface area contributed by atoms with Crippen LogP contribution >= 0.6 is 11.6 Å². The number of allylic oxidation sites excluding steroid dienone is 1. The summed E-state index contributed by atoms with van der Waals surface area (Å²) in [6.07, 6.45) is 3.29. The molecule has 1 aromatic heterocycles. The number of fused-ring (bicyclic) bond motifs is 1. The Morgan fingerprint density at radius 3 is 2.91 bits per heavy atom. The van der Waals surface area contributed by atoms with E-state index in [0.29, 0.717) is 47.0 Å². The summed E-state index contributed by atoms with van der Waals surface area (Å²) >= 11 is 5.67. The minimum absolute atomic E-state index is 0.207. The first kappa shape index (κ1) is 24.4. The van der Waals surface area contributed by atoms with Gasteiger partial charge in [-0.3, -0.25) is 4.79 Å². The van der Waals surface area contributed by atoms with E-state index in [-0.39, 0.29) is 17.8 Å². The number of nitrogens with zero attached hydrogens (tertiary/aromatic N) is 2. The number of anilines is 2. The molecule has 1 unspecified atom stereocenters. The van der Waals surface area contributed by atoms with Crippen LogP contribution in [0, 0.1) is 11.6 Å². The first-order valence-electron chi connectivity index (χ1n) is 10.6. The average molecular weight is 503 g/mol. The molecular weight excluding hydrogens is 482 g/mol. The van der Waals surface area contributed by atoms with Gasteiger partial charge in [0, 0.05) is 17.3 Å². The van der Waals surface area contributed by atoms with Crippen molar-refractivity contribution >= 4 is 39.9 Å². The van der Waals surface area contributed by atoms with Crippen molar-refractivity contribution in [3.63, 3.8) is 0 Å². The van der Waals surface area contributed by atoms with E-state index >= 15 is 0 Å². The zero-order valence-electron chi connectivity index (χ0n) is 18.3. The molecule has 11 heteroatoms. The van der Waals surface area contributed by atoms with Crippen LogP contribution in [0.15, 0.2) is 66.3 Å². The molecule has 2 heterocycles. The molecule has 0 fully saturated rings. The Morgan fingerprint density at radius 1 is 1.23 bits per heavy atom. The summed E-state index contributed by atoms with van der Waals surface area (Å²) in [7, 11) is 0. The molecule has 0 spiro atoms. The highest BCUT2D eigenvalue weighted by atomic mass is 35.5. The van der Waals surface area contributed by atoms with Crippen molar-refractivity contribution in [1.82, 2.24) is 9.97 Å². The van der Waals surface area contributed by atoms with Crippen LogP contribution < -0.4 is 15.4 Å². The van der Waals surface area contributed by atoms with Crippen molar-refractivity contribution in [2.24, 2.45) is 0 Å². The molecule has 0 saturated carbocycles. The van der Waals surface area contributed by atoms with Crippen molar-refractivity contribution in [2.75, 3.05) is 23.1 Å². The van der Waals surface area contributed by atoms with Gasteiger partial charge in [-0.2, -0.15) is 0 Å². The number of carbonyl (C=O) groups excluding carboxylic acids is 1. The molecule has 2 aromatic carbocycles. The van der Waals surface area contributed by atoms with Crippen LogP contribution in [-0.4, -0.2) is 39.8 Å². The highest BCUT2D eigenvalue weighted by Crippen LogP contribution is 2.27. The lowest BCUT2D eigenvalue weighted by atomic mass is 10.1. The molecule has 1 atom stereocenters. The Morgan fingerprint density at radius 2 is 2.09 bits per heavy atom. The van der Waals surface area contributed by atoms with Crippen LogP contribution in [-0.2, 0) is 9.53 Å². The monoisotopic (exact) mass is 502 g/mol. The van der Waals surface area contributed by atoms with Gasteiger partial charge in [0.1, 0.15) is 17.9 Å². The summed E-state index contributed by atoms with van der Waals surface area (Å²) in [5.74, 6) is -1.26. The first-order valence-corrected chi connectivity index (χ1v) is 11.2. The minimum atomic E-state index is -1.33. The number of rotatable bonds is 9. The number of aliphatic hydroxyl groups excluding tert-OH is 1. The summed E-state index contributed by atoms with van der Waals surface area (Å²) in [4.78, 5) is 20.8. The van der Waals surface area contributed by atoms with Crippen LogP contribution in [0.3, 0.4) is 0 Å². The lowest BCUT2D eigenvalue weighted by Gasteiger charge is -2.21. The highest BCUT2D eigenvalue weighted by Gasteiger charge is 2.20. The molecule has 35 heavy (non-hydrogen) atoms. The van der Waals surface area contributed by atoms with E-state index in [9.17, 15) is 18.7 Å². The van der Waals surface area contributed by atoms with Gasteiger partial charge in [-0.1, -0.05) is 6.07 Å². The van der Waals surface area contributed by atoms with E-state index in [1.54, 1.807) is 18.2 Å². The normalized spacial score (nSPS) is 15.1. The summed E-state index contributed by atoms with van der Waals surface area (Å²) in [6, 6.07) is 8.81. The second-order valence-electron chi connectivity index (χ2n) is 7.52. The van der Waals surface area contributed by atoms with Crippen LogP contribution in [0.5, 0.6) is 5.75 Å². The fraction of sp³-hybridized carbons (Fsp3) is 0.208. The number of nitrogens with one attached hydrogen (secondary N) is 2. The van der Waals surface area contributed by atoms with E-state index in [1.807, 2.05) is 0 Å². The second-order valence-corrected chi connectivity index (χ2v) is 7.90. The summed E-state index contributed by atoms with van der Waals surface area (Å²) in [5.41, 5.74) is 0.966. The van der Waals surface area contributed by atoms with Crippen molar-refractivity contribution in [3.05, 3.63) is 78.0 Å². The Kier molecular flexibility index (Phi) is 7.74. The van der Waals surface area contributed by atoms with Crippen LogP contribution in [0.2, 0.25) is 0 Å². The third kappa shape index (κ3) is 6.03. The van der Waals surface area contributed by atoms with E-state index in [2.05, 4.69) is 20.6 Å². The van der Waals surface area contributed by atoms with Crippen molar-refractivity contribution in [2.45, 2.75) is 19.1 Å². The summed E-state index contributed by atoms with van der Waals surface area (Å²) < 4.78 is 38.1. The molecule has 1 amide bonds. The molecule has 3 aromatic rings. The van der Waals surface area contributed by atoms with E-state index in [4.69, 9.17) is 21.1 Å². The fourth-order valence-electron chi connectivity index (χ4n) is 3.31. The van der Waals surface area contributed by atoms with Gasteiger partial charge in [0.15, 0.2) is 11.6 Å². The van der Waals surface area contributed by atoms with Gasteiger partial charge < -0.3 is 25.2 Å². The van der Waals surface area contributed by atoms with Gasteiger partial charge in [0.05, 0.1) is 36.2 Å². The van der Waals surface area contributed by atoms with Crippen LogP contribution in [0.1, 0.15) is 12.8 Å². The van der Waals surface area contributed by atoms with Gasteiger partial charge in [0.2, 0.25) is 12.2 Å². The van der Waals surface area contributed by atoms with Crippen molar-refractivity contribution in [1.29, 1.82) is 0 Å². The third-order valence-electron chi connectivity index (χ3n) is 4.96. The number of ether oxygens (including phenoxy) is 2. The number of aromatic nitrogens is 2. The second kappa shape index (κ2) is 11.1. The lowest BCUT2D eigenvalue weighted by Crippen LogP contribution is -2.23. The number of aliphatic hydroxyl groups is 1. The number of carbonyl (C=O) groups is 1. The number of hydrogen-bond acceptors (Lipinski definition) is 7. The van der Waals surface area contributed by atoms with Gasteiger partial charge in [-0.15, -0.1) is 11.6 Å². The first-order chi connectivity index (χ1) is 16.9. The number of hydrogen-bond donors (Lipinski definition) is 3. The molecule has 1 aliphatic rings. The van der Waals surface area contributed by atoms with E-state index in [1.165, 1.54) is 30.8 Å². The van der Waals surface area contributed by atoms with Gasteiger partial charge in [-0.05, 0) is 42.3 Å². The Balaban J connectivity index is 1.47. The molecule has 0 radical (unpaired) electrons. The molecule has 4 rings (SSSR count). The number of benzene rings is 2. The molecule has 8 nitrogen and oxygen atoms in total. The maximum Gasteiger partial charge on any atom is 0.238 e. The standard InChI is InChI=1S/C24H21ClF2N4O4/c25-7-2-8-34-15-5-6-16-19(11-15)28-13-29-23(16)31-20-9-14(12-35-24(20)33)10-21(32)30-18-4-1-3-17(26)22(18)27/h1,3-6,9,11-13,24,33H,2,7-8,10H2,(H,30,32)(H,28,29,31). The lowest BCUT2D eigenvalue weighted by molar-refractivity contribution is -0.115. The number of alkyl halides is 1. The van der Waals surface area contributed by atoms with Crippen LogP contribution in [0.4, 0.5) is 20.3 Å². The molecule has 3 N–H and O–H groups in total. The maximum atomic E-state index is 13.8. The minimum Gasteiger partial charge on any atom is -0.493 e. The zero-order chi connectivity index (χ0) is 24.8.